The van der Waals surface area contributed by atoms with Crippen molar-refractivity contribution in [3.05, 3.63) is 35.4 Å². The van der Waals surface area contributed by atoms with Crippen LogP contribution in [-0.2, 0) is 20.5 Å². The van der Waals surface area contributed by atoms with Gasteiger partial charge < -0.3 is 10.1 Å². The second-order valence-corrected chi connectivity index (χ2v) is 5.95. The zero-order valence-electron chi connectivity index (χ0n) is 13.4. The van der Waals surface area contributed by atoms with Crippen molar-refractivity contribution in [2.75, 3.05) is 0 Å². The van der Waals surface area contributed by atoms with Gasteiger partial charge in [0.25, 0.3) is 5.91 Å². The van der Waals surface area contributed by atoms with E-state index in [0.29, 0.717) is 0 Å². The SMILES string of the molecule is CC(=O)O[C@@H](C(=O)NC1CCCCC1)c1ccc(C(F)(F)F)cc1. The zero-order valence-corrected chi connectivity index (χ0v) is 13.4. The molecule has 1 aliphatic rings. The summed E-state index contributed by atoms with van der Waals surface area (Å²) in [6.45, 7) is 1.16. The number of esters is 1. The van der Waals surface area contributed by atoms with Gasteiger partial charge >= 0.3 is 12.1 Å². The van der Waals surface area contributed by atoms with Gasteiger partial charge in [-0.2, -0.15) is 13.2 Å². The number of alkyl halides is 3. The Morgan fingerprint density at radius 3 is 2.21 bits per heavy atom. The standard InChI is InChI=1S/C17H20F3NO3/c1-11(22)24-15(16(23)21-14-5-3-2-4-6-14)12-7-9-13(10-8-12)17(18,19)20/h7-10,14-15H,2-6H2,1H3,(H,21,23)/t15-/m1/s1. The van der Waals surface area contributed by atoms with Gasteiger partial charge in [0.15, 0.2) is 0 Å². The van der Waals surface area contributed by atoms with Crippen molar-refractivity contribution in [3.8, 4) is 0 Å². The number of amides is 1. The Morgan fingerprint density at radius 1 is 1.12 bits per heavy atom. The summed E-state index contributed by atoms with van der Waals surface area (Å²) in [5.74, 6) is -1.17. The second kappa shape index (κ2) is 7.68. The number of carbonyl (C=O) groups excluding carboxylic acids is 2. The summed E-state index contributed by atoms with van der Waals surface area (Å²) in [4.78, 5) is 23.7. The van der Waals surface area contributed by atoms with Crippen LogP contribution in [0.15, 0.2) is 24.3 Å². The monoisotopic (exact) mass is 343 g/mol. The topological polar surface area (TPSA) is 55.4 Å². The molecule has 0 aromatic heterocycles. The summed E-state index contributed by atoms with van der Waals surface area (Å²) >= 11 is 0. The number of benzene rings is 1. The molecule has 1 fully saturated rings. The Morgan fingerprint density at radius 2 is 1.71 bits per heavy atom. The van der Waals surface area contributed by atoms with Crippen LogP contribution >= 0.6 is 0 Å². The highest BCUT2D eigenvalue weighted by Gasteiger charge is 2.32. The molecule has 0 unspecified atom stereocenters. The van der Waals surface area contributed by atoms with Crippen molar-refractivity contribution in [2.24, 2.45) is 0 Å². The molecule has 132 valence electrons. The van der Waals surface area contributed by atoms with Crippen LogP contribution in [-0.4, -0.2) is 17.9 Å². The smallest absolute Gasteiger partial charge is 0.416 e. The van der Waals surface area contributed by atoms with E-state index in [-0.39, 0.29) is 11.6 Å². The first kappa shape index (κ1) is 18.3. The van der Waals surface area contributed by atoms with Crippen LogP contribution in [0.25, 0.3) is 0 Å². The average molecular weight is 343 g/mol. The van der Waals surface area contributed by atoms with Crippen LogP contribution in [0.2, 0.25) is 0 Å². The number of halogens is 3. The Balaban J connectivity index is 2.14. The first-order chi connectivity index (χ1) is 11.3. The van der Waals surface area contributed by atoms with Crippen LogP contribution in [0.4, 0.5) is 13.2 Å². The number of ether oxygens (including phenoxy) is 1. The van der Waals surface area contributed by atoms with Crippen molar-refractivity contribution >= 4 is 11.9 Å². The van der Waals surface area contributed by atoms with Crippen molar-refractivity contribution in [1.82, 2.24) is 5.32 Å². The predicted molar refractivity (Wildman–Crippen MR) is 81.0 cm³/mol. The molecule has 1 atom stereocenters. The maximum Gasteiger partial charge on any atom is 0.416 e. The summed E-state index contributed by atoms with van der Waals surface area (Å²) in [5, 5.41) is 2.83. The highest BCUT2D eigenvalue weighted by Crippen LogP contribution is 2.30. The molecule has 0 bridgehead atoms. The first-order valence-corrected chi connectivity index (χ1v) is 7.92. The molecular weight excluding hydrogens is 323 g/mol. The summed E-state index contributed by atoms with van der Waals surface area (Å²) in [5.41, 5.74) is -0.605. The molecule has 0 heterocycles. The zero-order chi connectivity index (χ0) is 17.7. The Labute approximate surface area is 138 Å². The molecule has 1 saturated carbocycles. The van der Waals surface area contributed by atoms with Gasteiger partial charge in [0, 0.05) is 18.5 Å². The van der Waals surface area contributed by atoms with Crippen LogP contribution < -0.4 is 5.32 Å². The number of carbonyl (C=O) groups is 2. The molecule has 1 amide bonds. The highest BCUT2D eigenvalue weighted by molar-refractivity contribution is 5.84. The Bertz CT molecular complexity index is 578. The molecule has 2 rings (SSSR count). The van der Waals surface area contributed by atoms with E-state index in [1.807, 2.05) is 0 Å². The maximum absolute atomic E-state index is 12.6. The lowest BCUT2D eigenvalue weighted by Crippen LogP contribution is -2.40. The fourth-order valence-corrected chi connectivity index (χ4v) is 2.81. The quantitative estimate of drug-likeness (QED) is 0.847. The van der Waals surface area contributed by atoms with Crippen molar-refractivity contribution in [2.45, 2.75) is 57.3 Å². The average Bonchev–Trinajstić information content (AvgIpc) is 2.52. The number of rotatable bonds is 4. The lowest BCUT2D eigenvalue weighted by Gasteiger charge is -2.25. The molecule has 0 aliphatic heterocycles. The maximum atomic E-state index is 12.6. The van der Waals surface area contributed by atoms with Gasteiger partial charge in [0.2, 0.25) is 6.10 Å². The number of hydrogen-bond donors (Lipinski definition) is 1. The van der Waals surface area contributed by atoms with Gasteiger partial charge in [0.1, 0.15) is 0 Å². The highest BCUT2D eigenvalue weighted by atomic mass is 19.4. The molecule has 0 saturated heterocycles. The van der Waals surface area contributed by atoms with Gasteiger partial charge in [-0.25, -0.2) is 0 Å². The molecule has 1 aromatic carbocycles. The summed E-state index contributed by atoms with van der Waals surface area (Å²) < 4.78 is 42.9. The van der Waals surface area contributed by atoms with Gasteiger partial charge in [0.05, 0.1) is 5.56 Å². The van der Waals surface area contributed by atoms with Gasteiger partial charge in [-0.15, -0.1) is 0 Å². The molecule has 1 aliphatic carbocycles. The van der Waals surface area contributed by atoms with E-state index in [1.165, 1.54) is 0 Å². The van der Waals surface area contributed by atoms with E-state index in [9.17, 15) is 22.8 Å². The third kappa shape index (κ3) is 4.97. The van der Waals surface area contributed by atoms with Gasteiger partial charge in [-0.3, -0.25) is 9.59 Å². The second-order valence-electron chi connectivity index (χ2n) is 5.95. The third-order valence-electron chi connectivity index (χ3n) is 4.01. The molecule has 4 nitrogen and oxygen atoms in total. The van der Waals surface area contributed by atoms with Gasteiger partial charge in [-0.05, 0) is 25.0 Å². The molecular formula is C17H20F3NO3. The summed E-state index contributed by atoms with van der Waals surface area (Å²) in [6, 6.07) is 4.09. The third-order valence-corrected chi connectivity index (χ3v) is 4.01. The van der Waals surface area contributed by atoms with E-state index < -0.39 is 29.7 Å². The van der Waals surface area contributed by atoms with E-state index in [4.69, 9.17) is 4.74 Å². The minimum Gasteiger partial charge on any atom is -0.447 e. The van der Waals surface area contributed by atoms with Crippen molar-refractivity contribution in [3.63, 3.8) is 0 Å². The fraction of sp³-hybridized carbons (Fsp3) is 0.529. The molecule has 24 heavy (non-hydrogen) atoms. The lowest BCUT2D eigenvalue weighted by molar-refractivity contribution is -0.154. The van der Waals surface area contributed by atoms with E-state index >= 15 is 0 Å². The largest absolute Gasteiger partial charge is 0.447 e. The number of hydrogen-bond acceptors (Lipinski definition) is 3. The van der Waals surface area contributed by atoms with Crippen LogP contribution in [0.5, 0.6) is 0 Å². The van der Waals surface area contributed by atoms with E-state index in [1.54, 1.807) is 0 Å². The molecule has 1 aromatic rings. The van der Waals surface area contributed by atoms with Crippen molar-refractivity contribution in [1.29, 1.82) is 0 Å². The van der Waals surface area contributed by atoms with Crippen LogP contribution in [0.1, 0.15) is 56.3 Å². The minimum absolute atomic E-state index is 0.0127. The van der Waals surface area contributed by atoms with Gasteiger partial charge in [-0.1, -0.05) is 31.4 Å². The van der Waals surface area contributed by atoms with E-state index in [0.717, 1.165) is 63.3 Å². The van der Waals surface area contributed by atoms with Crippen molar-refractivity contribution < 1.29 is 27.5 Å². The molecule has 7 heteroatoms. The number of nitrogens with one attached hydrogen (secondary N) is 1. The molecule has 0 spiro atoms. The summed E-state index contributed by atoms with van der Waals surface area (Å²) in [7, 11) is 0. The normalized spacial score (nSPS) is 17.2. The summed E-state index contributed by atoms with van der Waals surface area (Å²) in [6.07, 6.45) is -0.839. The minimum atomic E-state index is -4.46. The lowest BCUT2D eigenvalue weighted by atomic mass is 9.95. The van der Waals surface area contributed by atoms with Crippen LogP contribution in [0.3, 0.4) is 0 Å². The Kier molecular flexibility index (Phi) is 5.85. The Hall–Kier alpha value is -2.05. The van der Waals surface area contributed by atoms with E-state index in [2.05, 4.69) is 5.32 Å². The first-order valence-electron chi connectivity index (χ1n) is 7.92. The molecule has 0 radical (unpaired) electrons. The fourth-order valence-electron chi connectivity index (χ4n) is 2.81. The molecule has 1 N–H and O–H groups in total. The van der Waals surface area contributed by atoms with Crippen LogP contribution in [0, 0.1) is 0 Å². The predicted octanol–water partition coefficient (Wildman–Crippen LogP) is 3.76.